The first-order valence-electron chi connectivity index (χ1n) is 11.4. The maximum absolute atomic E-state index is 13.4. The predicted molar refractivity (Wildman–Crippen MR) is 125 cm³/mol. The minimum absolute atomic E-state index is 0.177. The molecule has 0 saturated carbocycles. The van der Waals surface area contributed by atoms with Crippen molar-refractivity contribution in [2.75, 3.05) is 13.2 Å². The second-order valence-electron chi connectivity index (χ2n) is 8.20. The zero-order chi connectivity index (χ0) is 23.5. The number of ether oxygens (including phenoxy) is 1. The fourth-order valence-corrected chi connectivity index (χ4v) is 3.52. The molecular formula is C26H35FN2O3. The lowest BCUT2D eigenvalue weighted by molar-refractivity contribution is -0.143. The molecule has 0 heterocycles. The van der Waals surface area contributed by atoms with E-state index in [4.69, 9.17) is 4.74 Å². The molecule has 32 heavy (non-hydrogen) atoms. The topological polar surface area (TPSA) is 58.6 Å². The van der Waals surface area contributed by atoms with Gasteiger partial charge in [-0.1, -0.05) is 64.4 Å². The number of amides is 2. The Morgan fingerprint density at radius 1 is 1.06 bits per heavy atom. The second kappa shape index (κ2) is 12.8. The molecule has 0 fully saturated rings. The van der Waals surface area contributed by atoms with Gasteiger partial charge in [0.2, 0.25) is 5.91 Å². The Morgan fingerprint density at radius 2 is 1.75 bits per heavy atom. The zero-order valence-electron chi connectivity index (χ0n) is 19.6. The summed E-state index contributed by atoms with van der Waals surface area (Å²) >= 11 is 0. The Bertz CT molecular complexity index is 868. The molecule has 0 radical (unpaired) electrons. The standard InChI is InChI=1S/C26H35FN2O3/c1-5-7-16-28-26(31)23(6-2)29(17-20-12-14-21(27)15-13-20)25(30)18-32-24-11-9-8-10-22(24)19(3)4/h8-15,19,23H,5-7,16-18H2,1-4H3,(H,28,31). The van der Waals surface area contributed by atoms with Crippen molar-refractivity contribution in [1.29, 1.82) is 0 Å². The van der Waals surface area contributed by atoms with Gasteiger partial charge in [-0.3, -0.25) is 9.59 Å². The molecule has 2 aromatic rings. The van der Waals surface area contributed by atoms with Crippen molar-refractivity contribution in [3.8, 4) is 5.75 Å². The number of hydrogen-bond acceptors (Lipinski definition) is 3. The van der Waals surface area contributed by atoms with Gasteiger partial charge in [0.25, 0.3) is 5.91 Å². The third-order valence-corrected chi connectivity index (χ3v) is 5.37. The van der Waals surface area contributed by atoms with E-state index in [-0.39, 0.29) is 36.7 Å². The van der Waals surface area contributed by atoms with E-state index < -0.39 is 6.04 Å². The fraction of sp³-hybridized carbons (Fsp3) is 0.462. The molecule has 5 nitrogen and oxygen atoms in total. The molecule has 2 aromatic carbocycles. The lowest BCUT2D eigenvalue weighted by Gasteiger charge is -2.30. The Kier molecular flexibility index (Phi) is 10.2. The number of unbranched alkanes of at least 4 members (excludes halogenated alkanes) is 1. The maximum Gasteiger partial charge on any atom is 0.261 e. The molecule has 1 N–H and O–H groups in total. The third kappa shape index (κ3) is 7.36. The highest BCUT2D eigenvalue weighted by Crippen LogP contribution is 2.26. The van der Waals surface area contributed by atoms with Gasteiger partial charge in [-0.15, -0.1) is 0 Å². The zero-order valence-corrected chi connectivity index (χ0v) is 19.6. The molecule has 0 bridgehead atoms. The molecule has 0 aliphatic rings. The van der Waals surface area contributed by atoms with Crippen molar-refractivity contribution in [3.63, 3.8) is 0 Å². The molecule has 1 unspecified atom stereocenters. The van der Waals surface area contributed by atoms with Crippen molar-refractivity contribution >= 4 is 11.8 Å². The number of benzene rings is 2. The minimum atomic E-state index is -0.631. The lowest BCUT2D eigenvalue weighted by Crippen LogP contribution is -2.50. The van der Waals surface area contributed by atoms with Crippen LogP contribution in [0, 0.1) is 5.82 Å². The van der Waals surface area contributed by atoms with E-state index in [1.807, 2.05) is 31.2 Å². The number of nitrogens with one attached hydrogen (secondary N) is 1. The summed E-state index contributed by atoms with van der Waals surface area (Å²) in [7, 11) is 0. The number of carbonyl (C=O) groups excluding carboxylic acids is 2. The molecule has 2 rings (SSSR count). The summed E-state index contributed by atoms with van der Waals surface area (Å²) < 4.78 is 19.2. The van der Waals surface area contributed by atoms with Crippen LogP contribution in [-0.2, 0) is 16.1 Å². The van der Waals surface area contributed by atoms with Gasteiger partial charge in [0.15, 0.2) is 6.61 Å². The minimum Gasteiger partial charge on any atom is -0.483 e. The van der Waals surface area contributed by atoms with Crippen LogP contribution < -0.4 is 10.1 Å². The fourth-order valence-electron chi connectivity index (χ4n) is 3.52. The SMILES string of the molecule is CCCCNC(=O)C(CC)N(Cc1ccc(F)cc1)C(=O)COc1ccccc1C(C)C. The lowest BCUT2D eigenvalue weighted by atomic mass is 10.0. The Balaban J connectivity index is 2.21. The van der Waals surface area contributed by atoms with Crippen LogP contribution in [0.1, 0.15) is 64.0 Å². The first-order valence-corrected chi connectivity index (χ1v) is 11.4. The van der Waals surface area contributed by atoms with Crippen LogP contribution in [0.3, 0.4) is 0 Å². The van der Waals surface area contributed by atoms with E-state index in [1.54, 1.807) is 12.1 Å². The van der Waals surface area contributed by atoms with Gasteiger partial charge in [-0.25, -0.2) is 4.39 Å². The van der Waals surface area contributed by atoms with Crippen LogP contribution in [0.25, 0.3) is 0 Å². The number of nitrogens with zero attached hydrogens (tertiary/aromatic N) is 1. The van der Waals surface area contributed by atoms with Crippen LogP contribution in [-0.4, -0.2) is 35.9 Å². The number of hydrogen-bond donors (Lipinski definition) is 1. The largest absolute Gasteiger partial charge is 0.483 e. The molecule has 174 valence electrons. The summed E-state index contributed by atoms with van der Waals surface area (Å²) in [6, 6.07) is 13.0. The van der Waals surface area contributed by atoms with Crippen molar-refractivity contribution in [2.24, 2.45) is 0 Å². The first kappa shape index (κ1) is 25.4. The van der Waals surface area contributed by atoms with Crippen LogP contribution in [0.4, 0.5) is 4.39 Å². The molecule has 1 atom stereocenters. The van der Waals surface area contributed by atoms with Crippen molar-refractivity contribution in [3.05, 3.63) is 65.5 Å². The predicted octanol–water partition coefficient (Wildman–Crippen LogP) is 5.05. The van der Waals surface area contributed by atoms with E-state index >= 15 is 0 Å². The van der Waals surface area contributed by atoms with Gasteiger partial charge in [0.1, 0.15) is 17.6 Å². The molecule has 0 aromatic heterocycles. The smallest absolute Gasteiger partial charge is 0.261 e. The van der Waals surface area contributed by atoms with E-state index in [1.165, 1.54) is 17.0 Å². The molecular weight excluding hydrogens is 407 g/mol. The molecule has 2 amide bonds. The normalized spacial score (nSPS) is 11.8. The molecule has 0 spiro atoms. The third-order valence-electron chi connectivity index (χ3n) is 5.37. The van der Waals surface area contributed by atoms with Gasteiger partial charge < -0.3 is 15.0 Å². The van der Waals surface area contributed by atoms with Crippen molar-refractivity contribution in [1.82, 2.24) is 10.2 Å². The number of rotatable bonds is 12. The molecule has 0 aliphatic heterocycles. The van der Waals surface area contributed by atoms with Gasteiger partial charge >= 0.3 is 0 Å². The van der Waals surface area contributed by atoms with Crippen molar-refractivity contribution in [2.45, 2.75) is 65.5 Å². The van der Waals surface area contributed by atoms with Crippen molar-refractivity contribution < 1.29 is 18.7 Å². The quantitative estimate of drug-likeness (QED) is 0.468. The van der Waals surface area contributed by atoms with E-state index in [9.17, 15) is 14.0 Å². The average Bonchev–Trinajstić information content (AvgIpc) is 2.79. The van der Waals surface area contributed by atoms with Crippen LogP contribution in [0.15, 0.2) is 48.5 Å². The highest BCUT2D eigenvalue weighted by atomic mass is 19.1. The summed E-state index contributed by atoms with van der Waals surface area (Å²) in [6.07, 6.45) is 2.31. The molecule has 0 aliphatic carbocycles. The van der Waals surface area contributed by atoms with Gasteiger partial charge in [-0.2, -0.15) is 0 Å². The number of halogens is 1. The maximum atomic E-state index is 13.4. The van der Waals surface area contributed by atoms with Gasteiger partial charge in [0.05, 0.1) is 0 Å². The first-order chi connectivity index (χ1) is 15.4. The van der Waals surface area contributed by atoms with Crippen LogP contribution >= 0.6 is 0 Å². The average molecular weight is 443 g/mol. The second-order valence-corrected chi connectivity index (χ2v) is 8.20. The highest BCUT2D eigenvalue weighted by molar-refractivity contribution is 5.88. The number of carbonyl (C=O) groups is 2. The molecule has 0 saturated heterocycles. The summed E-state index contributed by atoms with van der Waals surface area (Å²) in [4.78, 5) is 27.6. The van der Waals surface area contributed by atoms with Crippen LogP contribution in [0.2, 0.25) is 0 Å². The Hall–Kier alpha value is -2.89. The van der Waals surface area contributed by atoms with Crippen LogP contribution in [0.5, 0.6) is 5.75 Å². The summed E-state index contributed by atoms with van der Waals surface area (Å²) in [5, 5.41) is 2.93. The Labute approximate surface area is 191 Å². The number of para-hydroxylation sites is 1. The van der Waals surface area contributed by atoms with E-state index in [2.05, 4.69) is 26.1 Å². The van der Waals surface area contributed by atoms with Gasteiger partial charge in [0, 0.05) is 13.1 Å². The summed E-state index contributed by atoms with van der Waals surface area (Å²) in [5.41, 5.74) is 1.77. The van der Waals surface area contributed by atoms with Gasteiger partial charge in [-0.05, 0) is 48.1 Å². The summed E-state index contributed by atoms with van der Waals surface area (Å²) in [6.45, 7) is 8.67. The highest BCUT2D eigenvalue weighted by Gasteiger charge is 2.29. The Morgan fingerprint density at radius 3 is 2.38 bits per heavy atom. The van der Waals surface area contributed by atoms with E-state index in [0.717, 1.165) is 24.0 Å². The summed E-state index contributed by atoms with van der Waals surface area (Å²) in [5.74, 6) is 0.108. The van der Waals surface area contributed by atoms with E-state index in [0.29, 0.717) is 18.7 Å². The monoisotopic (exact) mass is 442 g/mol. The molecule has 6 heteroatoms.